The maximum absolute atomic E-state index is 5.71. The average molecular weight is 221 g/mol. The summed E-state index contributed by atoms with van der Waals surface area (Å²) in [6, 6.07) is 8.22. The van der Waals surface area contributed by atoms with E-state index < -0.39 is 0 Å². The van der Waals surface area contributed by atoms with Crippen LogP contribution in [0.1, 0.15) is 25.8 Å². The summed E-state index contributed by atoms with van der Waals surface area (Å²) in [5.41, 5.74) is 1.27. The minimum absolute atomic E-state index is 0.549. The number of hydrogen-bond acceptors (Lipinski definition) is 2. The average Bonchev–Trinajstić information content (AvgIpc) is 2.29. The summed E-state index contributed by atoms with van der Waals surface area (Å²) in [6.07, 6.45) is 1.19. The molecule has 0 spiro atoms. The maximum Gasteiger partial charge on any atom is 0.119 e. The Bertz CT molecular complexity index is 281. The molecule has 1 unspecified atom stereocenters. The van der Waals surface area contributed by atoms with Crippen molar-refractivity contribution in [3.8, 4) is 5.75 Å². The van der Waals surface area contributed by atoms with Crippen LogP contribution in [-0.4, -0.2) is 19.7 Å². The largest absolute Gasteiger partial charge is 0.493 e. The van der Waals surface area contributed by atoms with E-state index in [2.05, 4.69) is 38.2 Å². The van der Waals surface area contributed by atoms with Crippen LogP contribution in [0.4, 0.5) is 0 Å². The number of rotatable bonds is 7. The predicted molar refractivity (Wildman–Crippen MR) is 69.0 cm³/mol. The zero-order chi connectivity index (χ0) is 11.8. The lowest BCUT2D eigenvalue weighted by molar-refractivity contribution is 0.256. The summed E-state index contributed by atoms with van der Waals surface area (Å²) in [5.74, 6) is 1.51. The third-order valence-corrected chi connectivity index (χ3v) is 2.48. The van der Waals surface area contributed by atoms with Gasteiger partial charge in [0.1, 0.15) is 5.75 Å². The van der Waals surface area contributed by atoms with Crippen molar-refractivity contribution in [1.82, 2.24) is 5.32 Å². The first-order chi connectivity index (χ1) is 7.72. The number of aryl methyl sites for hydroxylation is 1. The highest BCUT2D eigenvalue weighted by molar-refractivity contribution is 5.26. The summed E-state index contributed by atoms with van der Waals surface area (Å²) in [5, 5.41) is 3.40. The normalized spacial score (nSPS) is 12.4. The summed E-state index contributed by atoms with van der Waals surface area (Å²) in [4.78, 5) is 0. The molecule has 0 bridgehead atoms. The zero-order valence-corrected chi connectivity index (χ0v) is 10.6. The summed E-state index contributed by atoms with van der Waals surface area (Å²) >= 11 is 0. The van der Waals surface area contributed by atoms with Gasteiger partial charge in [0.2, 0.25) is 0 Å². The van der Waals surface area contributed by atoms with Gasteiger partial charge >= 0.3 is 0 Å². The van der Waals surface area contributed by atoms with Gasteiger partial charge in [-0.05, 0) is 32.0 Å². The van der Waals surface area contributed by atoms with Crippen molar-refractivity contribution >= 4 is 0 Å². The SMILES string of the molecule is CCCNCC(C)COc1ccc(C)cc1. The van der Waals surface area contributed by atoms with Crippen LogP contribution in [0.15, 0.2) is 24.3 Å². The second kappa shape index (κ2) is 7.29. The Morgan fingerprint density at radius 2 is 1.94 bits per heavy atom. The molecule has 2 heteroatoms. The molecule has 0 radical (unpaired) electrons. The van der Waals surface area contributed by atoms with Gasteiger partial charge in [-0.15, -0.1) is 0 Å². The second-order valence-electron chi connectivity index (χ2n) is 4.43. The first-order valence-electron chi connectivity index (χ1n) is 6.12. The highest BCUT2D eigenvalue weighted by atomic mass is 16.5. The van der Waals surface area contributed by atoms with Crippen LogP contribution in [0.3, 0.4) is 0 Å². The molecule has 0 saturated carbocycles. The van der Waals surface area contributed by atoms with Crippen LogP contribution in [0.25, 0.3) is 0 Å². The molecule has 16 heavy (non-hydrogen) atoms. The minimum Gasteiger partial charge on any atom is -0.493 e. The summed E-state index contributed by atoms with van der Waals surface area (Å²) < 4.78 is 5.71. The molecule has 0 fully saturated rings. The van der Waals surface area contributed by atoms with Crippen molar-refractivity contribution in [3.63, 3.8) is 0 Å². The summed E-state index contributed by atoms with van der Waals surface area (Å²) in [6.45, 7) is 9.37. The molecular weight excluding hydrogens is 198 g/mol. The molecule has 0 aliphatic carbocycles. The predicted octanol–water partition coefficient (Wildman–Crippen LogP) is 3.01. The topological polar surface area (TPSA) is 21.3 Å². The molecule has 0 aliphatic rings. The third-order valence-electron chi connectivity index (χ3n) is 2.48. The van der Waals surface area contributed by atoms with E-state index in [1.165, 1.54) is 12.0 Å². The molecule has 0 aromatic heterocycles. The van der Waals surface area contributed by atoms with Gasteiger partial charge in [-0.2, -0.15) is 0 Å². The third kappa shape index (κ3) is 5.17. The van der Waals surface area contributed by atoms with Gasteiger partial charge in [-0.1, -0.05) is 31.5 Å². The second-order valence-corrected chi connectivity index (χ2v) is 4.43. The van der Waals surface area contributed by atoms with Crippen molar-refractivity contribution in [2.45, 2.75) is 27.2 Å². The van der Waals surface area contributed by atoms with E-state index in [-0.39, 0.29) is 0 Å². The van der Waals surface area contributed by atoms with Gasteiger partial charge in [0, 0.05) is 12.5 Å². The van der Waals surface area contributed by atoms with E-state index in [1.807, 2.05) is 12.1 Å². The number of nitrogens with one attached hydrogen (secondary N) is 1. The summed E-state index contributed by atoms with van der Waals surface area (Å²) in [7, 11) is 0. The minimum atomic E-state index is 0.549. The lowest BCUT2D eigenvalue weighted by Crippen LogP contribution is -2.25. The van der Waals surface area contributed by atoms with Gasteiger partial charge in [0.15, 0.2) is 0 Å². The van der Waals surface area contributed by atoms with Crippen LogP contribution in [0, 0.1) is 12.8 Å². The molecule has 1 aromatic carbocycles. The van der Waals surface area contributed by atoms with Crippen molar-refractivity contribution < 1.29 is 4.74 Å². The van der Waals surface area contributed by atoms with Gasteiger partial charge in [0.25, 0.3) is 0 Å². The molecule has 1 atom stereocenters. The van der Waals surface area contributed by atoms with E-state index in [0.29, 0.717) is 5.92 Å². The Labute approximate surface area is 99.0 Å². The smallest absolute Gasteiger partial charge is 0.119 e. The maximum atomic E-state index is 5.71. The van der Waals surface area contributed by atoms with Crippen LogP contribution >= 0.6 is 0 Å². The monoisotopic (exact) mass is 221 g/mol. The number of benzene rings is 1. The van der Waals surface area contributed by atoms with E-state index in [0.717, 1.165) is 25.4 Å². The molecular formula is C14H23NO. The highest BCUT2D eigenvalue weighted by Crippen LogP contribution is 2.12. The van der Waals surface area contributed by atoms with E-state index in [4.69, 9.17) is 4.74 Å². The molecule has 1 aromatic rings. The van der Waals surface area contributed by atoms with E-state index in [1.54, 1.807) is 0 Å². The Balaban J connectivity index is 2.20. The fourth-order valence-corrected chi connectivity index (χ4v) is 1.46. The van der Waals surface area contributed by atoms with Crippen LogP contribution in [-0.2, 0) is 0 Å². The Morgan fingerprint density at radius 3 is 2.56 bits per heavy atom. The Morgan fingerprint density at radius 1 is 1.25 bits per heavy atom. The van der Waals surface area contributed by atoms with Crippen LogP contribution < -0.4 is 10.1 Å². The first kappa shape index (κ1) is 13.0. The Kier molecular flexibility index (Phi) is 5.94. The standard InChI is InChI=1S/C14H23NO/c1-4-9-15-10-13(3)11-16-14-7-5-12(2)6-8-14/h5-8,13,15H,4,9-11H2,1-3H3. The lowest BCUT2D eigenvalue weighted by atomic mass is 10.2. The quantitative estimate of drug-likeness (QED) is 0.715. The molecule has 2 nitrogen and oxygen atoms in total. The van der Waals surface area contributed by atoms with Gasteiger partial charge in [-0.25, -0.2) is 0 Å². The molecule has 1 N–H and O–H groups in total. The first-order valence-corrected chi connectivity index (χ1v) is 6.12. The fourth-order valence-electron chi connectivity index (χ4n) is 1.46. The van der Waals surface area contributed by atoms with Crippen molar-refractivity contribution in [1.29, 1.82) is 0 Å². The Hall–Kier alpha value is -1.02. The molecule has 0 amide bonds. The van der Waals surface area contributed by atoms with Crippen molar-refractivity contribution in [2.75, 3.05) is 19.7 Å². The van der Waals surface area contributed by atoms with Crippen molar-refractivity contribution in [3.05, 3.63) is 29.8 Å². The van der Waals surface area contributed by atoms with Gasteiger partial charge in [0.05, 0.1) is 6.61 Å². The van der Waals surface area contributed by atoms with Crippen LogP contribution in [0.2, 0.25) is 0 Å². The molecule has 0 saturated heterocycles. The zero-order valence-electron chi connectivity index (χ0n) is 10.6. The molecule has 90 valence electrons. The van der Waals surface area contributed by atoms with Gasteiger partial charge in [-0.3, -0.25) is 0 Å². The van der Waals surface area contributed by atoms with E-state index >= 15 is 0 Å². The molecule has 1 rings (SSSR count). The molecule has 0 heterocycles. The highest BCUT2D eigenvalue weighted by Gasteiger charge is 2.02. The van der Waals surface area contributed by atoms with Crippen molar-refractivity contribution in [2.24, 2.45) is 5.92 Å². The number of ether oxygens (including phenoxy) is 1. The number of hydrogen-bond donors (Lipinski definition) is 1. The lowest BCUT2D eigenvalue weighted by Gasteiger charge is -2.13. The van der Waals surface area contributed by atoms with Gasteiger partial charge < -0.3 is 10.1 Å². The fraction of sp³-hybridized carbons (Fsp3) is 0.571. The van der Waals surface area contributed by atoms with Crippen LogP contribution in [0.5, 0.6) is 5.75 Å². The molecule has 0 aliphatic heterocycles. The van der Waals surface area contributed by atoms with E-state index in [9.17, 15) is 0 Å².